The van der Waals surface area contributed by atoms with Crippen molar-refractivity contribution in [1.29, 1.82) is 0 Å². The lowest BCUT2D eigenvalue weighted by atomic mass is 9.87. The molecule has 254 valence electrons. The smallest absolute Gasteiger partial charge is 0.157 e. The van der Waals surface area contributed by atoms with E-state index in [2.05, 4.69) is 20.1 Å². The van der Waals surface area contributed by atoms with Crippen LogP contribution in [0, 0.1) is 0 Å². The van der Waals surface area contributed by atoms with Crippen LogP contribution in [0.15, 0.2) is 18.2 Å². The lowest BCUT2D eigenvalue weighted by molar-refractivity contribution is 0.0188. The summed E-state index contributed by atoms with van der Waals surface area (Å²) in [6, 6.07) is 4.41. The van der Waals surface area contributed by atoms with Gasteiger partial charge >= 0.3 is 0 Å². The third-order valence-corrected chi connectivity index (χ3v) is 11.3. The maximum Gasteiger partial charge on any atom is 0.157 e. The zero-order valence-corrected chi connectivity index (χ0v) is 29.7. The van der Waals surface area contributed by atoms with Gasteiger partial charge in [-0.3, -0.25) is 0 Å². The fourth-order valence-corrected chi connectivity index (χ4v) is 8.31. The summed E-state index contributed by atoms with van der Waals surface area (Å²) in [6.07, 6.45) is 21.0. The second kappa shape index (κ2) is 19.7. The van der Waals surface area contributed by atoms with E-state index in [1.54, 1.807) is 29.6 Å². The molecule has 2 unspecified atom stereocenters. The number of phenolic OH excluding ortho intramolecular Hbond substituents is 4. The van der Waals surface area contributed by atoms with E-state index >= 15 is 0 Å². The number of hydrogen-bond acceptors (Lipinski definition) is 8. The zero-order chi connectivity index (χ0) is 32.8. The molecule has 4 atom stereocenters. The first-order valence-corrected chi connectivity index (χ1v) is 19.9. The quantitative estimate of drug-likeness (QED) is 0.0663. The predicted octanol–water partition coefficient (Wildman–Crippen LogP) is 10.6. The average Bonchev–Trinajstić information content (AvgIpc) is 3.03. The number of benzene rings is 2. The molecular weight excluding hydrogens is 605 g/mol. The van der Waals surface area contributed by atoms with Gasteiger partial charge in [0.25, 0.3) is 0 Å². The van der Waals surface area contributed by atoms with Gasteiger partial charge in [0.2, 0.25) is 0 Å². The zero-order valence-electron chi connectivity index (χ0n) is 28.0. The minimum Gasteiger partial charge on any atom is -0.507 e. The molecule has 0 bridgehead atoms. The van der Waals surface area contributed by atoms with Crippen LogP contribution in [0.3, 0.4) is 0 Å². The van der Waals surface area contributed by atoms with Crippen molar-refractivity contribution in [3.63, 3.8) is 0 Å². The van der Waals surface area contributed by atoms with Gasteiger partial charge in [-0.15, -0.1) is 0 Å². The van der Waals surface area contributed by atoms with Crippen LogP contribution in [0.4, 0.5) is 0 Å². The monoisotopic (exact) mass is 662 g/mol. The van der Waals surface area contributed by atoms with Crippen LogP contribution in [0.5, 0.6) is 28.7 Å². The summed E-state index contributed by atoms with van der Waals surface area (Å²) in [7, 11) is 0. The van der Waals surface area contributed by atoms with Crippen molar-refractivity contribution in [1.82, 2.24) is 0 Å². The van der Waals surface area contributed by atoms with Crippen molar-refractivity contribution < 1.29 is 30.3 Å². The minimum absolute atomic E-state index is 0.0235. The van der Waals surface area contributed by atoms with E-state index in [9.17, 15) is 25.5 Å². The van der Waals surface area contributed by atoms with E-state index in [1.807, 2.05) is 6.26 Å². The van der Waals surface area contributed by atoms with Crippen LogP contribution >= 0.6 is 23.5 Å². The Morgan fingerprint density at radius 3 is 1.71 bits per heavy atom. The number of aliphatic hydroxyl groups excluding tert-OH is 1. The lowest BCUT2D eigenvalue weighted by Gasteiger charge is -2.36. The second-order valence-corrected chi connectivity index (χ2v) is 14.7. The van der Waals surface area contributed by atoms with E-state index in [0.29, 0.717) is 28.0 Å². The number of unbranched alkanes of at least 4 members (excludes halogenated alkanes) is 12. The highest BCUT2D eigenvalue weighted by Crippen LogP contribution is 2.56. The predicted molar refractivity (Wildman–Crippen MR) is 190 cm³/mol. The minimum atomic E-state index is -0.982. The molecule has 45 heavy (non-hydrogen) atoms. The number of fused-ring (bicyclic) bond motifs is 1. The molecule has 0 aromatic heterocycles. The van der Waals surface area contributed by atoms with Crippen LogP contribution in [0.25, 0.3) is 0 Å². The van der Waals surface area contributed by atoms with Gasteiger partial charge in [-0.05, 0) is 43.0 Å². The molecule has 0 amide bonds. The molecule has 1 aliphatic rings. The number of ether oxygens (including phenoxy) is 1. The lowest BCUT2D eigenvalue weighted by Crippen LogP contribution is -2.31. The van der Waals surface area contributed by atoms with Crippen LogP contribution in [0.1, 0.15) is 155 Å². The average molecular weight is 663 g/mol. The van der Waals surface area contributed by atoms with Crippen molar-refractivity contribution >= 4 is 23.5 Å². The summed E-state index contributed by atoms with van der Waals surface area (Å²) < 4.78 is 6.50. The van der Waals surface area contributed by atoms with Crippen molar-refractivity contribution in [2.75, 3.05) is 12.5 Å². The van der Waals surface area contributed by atoms with Gasteiger partial charge in [0.05, 0.1) is 6.10 Å². The van der Waals surface area contributed by atoms with Gasteiger partial charge in [-0.25, -0.2) is 0 Å². The number of thioether (sulfide) groups is 2. The number of aromatic hydroxyl groups is 4. The maximum absolute atomic E-state index is 12.0. The van der Waals surface area contributed by atoms with E-state index in [-0.39, 0.29) is 39.9 Å². The van der Waals surface area contributed by atoms with Gasteiger partial charge in [0.1, 0.15) is 23.4 Å². The summed E-state index contributed by atoms with van der Waals surface area (Å²) >= 11 is 3.34. The second-order valence-electron chi connectivity index (χ2n) is 12.7. The van der Waals surface area contributed by atoms with Gasteiger partial charge < -0.3 is 30.3 Å². The highest BCUT2D eigenvalue weighted by atomic mass is 32.2. The van der Waals surface area contributed by atoms with E-state index in [1.165, 1.54) is 76.3 Å². The first-order valence-electron chi connectivity index (χ1n) is 17.3. The van der Waals surface area contributed by atoms with Crippen molar-refractivity contribution in [2.45, 2.75) is 146 Å². The Morgan fingerprint density at radius 2 is 1.20 bits per heavy atom. The van der Waals surface area contributed by atoms with E-state index in [0.717, 1.165) is 38.5 Å². The molecule has 1 aliphatic heterocycles. The van der Waals surface area contributed by atoms with Crippen LogP contribution in [-0.2, 0) is 6.42 Å². The molecule has 0 aliphatic carbocycles. The summed E-state index contributed by atoms with van der Waals surface area (Å²) in [5, 5.41) is 54.9. The number of hydrogen-bond donors (Lipinski definition) is 5. The Bertz CT molecular complexity index is 1170. The van der Waals surface area contributed by atoms with Crippen LogP contribution in [0.2, 0.25) is 0 Å². The van der Waals surface area contributed by atoms with Crippen molar-refractivity contribution in [3.05, 3.63) is 40.5 Å². The number of phenols is 4. The highest BCUT2D eigenvalue weighted by molar-refractivity contribution is 7.99. The number of rotatable bonds is 21. The molecule has 2 aromatic rings. The third kappa shape index (κ3) is 10.3. The Kier molecular flexibility index (Phi) is 16.4. The topological polar surface area (TPSA) is 110 Å². The molecule has 0 saturated heterocycles. The summed E-state index contributed by atoms with van der Waals surface area (Å²) in [4.78, 5) is 0. The van der Waals surface area contributed by atoms with Crippen molar-refractivity contribution in [2.24, 2.45) is 0 Å². The maximum atomic E-state index is 12.0. The van der Waals surface area contributed by atoms with E-state index < -0.39 is 12.2 Å². The fraction of sp³-hybridized carbons (Fsp3) is 0.676. The number of aliphatic hydroxyl groups is 1. The fourth-order valence-electron chi connectivity index (χ4n) is 6.59. The standard InChI is InChI=1S/C37H58O6S2/c1-5-7-9-11-13-15-17-19-30(44-3)32-34(41)26-24-29(40)36(25-21-22-27(38)28(39)23-25)43-37(26)33(35(32)42)31(45-4)20-18-16-14-12-10-8-6-2/h21-23,29-31,36,38-42H,5-20,24H2,1-4H3/t29-,30?,31?,36+/m0/s1. The molecule has 0 saturated carbocycles. The molecule has 0 spiro atoms. The third-order valence-electron chi connectivity index (χ3n) is 9.26. The van der Waals surface area contributed by atoms with Gasteiger partial charge in [0.15, 0.2) is 11.5 Å². The molecule has 1 heterocycles. The first kappa shape index (κ1) is 37.6. The molecule has 0 radical (unpaired) electrons. The van der Waals surface area contributed by atoms with Gasteiger partial charge in [-0.2, -0.15) is 23.5 Å². The van der Waals surface area contributed by atoms with Crippen molar-refractivity contribution in [3.8, 4) is 28.7 Å². The Balaban J connectivity index is 1.94. The molecule has 2 aromatic carbocycles. The summed E-state index contributed by atoms with van der Waals surface area (Å²) in [5.74, 6) is 0.0420. The Morgan fingerprint density at radius 1 is 0.689 bits per heavy atom. The normalized spacial score (nSPS) is 17.5. The van der Waals surface area contributed by atoms with Gasteiger partial charge in [-0.1, -0.05) is 110 Å². The summed E-state index contributed by atoms with van der Waals surface area (Å²) in [6.45, 7) is 4.46. The molecule has 3 rings (SSSR count). The molecule has 8 heteroatoms. The molecule has 5 N–H and O–H groups in total. The Hall–Kier alpha value is -1.90. The molecular formula is C37H58O6S2. The highest BCUT2D eigenvalue weighted by Gasteiger charge is 2.39. The molecule has 0 fully saturated rings. The van der Waals surface area contributed by atoms with Crippen LogP contribution in [-0.4, -0.2) is 44.1 Å². The Labute approximate surface area is 280 Å². The largest absolute Gasteiger partial charge is 0.507 e. The SMILES string of the molecule is CCCCCCCCCC(SC)c1c(O)c2c(c(C(CCCCCCCCC)SC)c1O)O[C@H](c1ccc(O)c(O)c1)[C@@H](O)C2. The van der Waals surface area contributed by atoms with Crippen LogP contribution < -0.4 is 4.74 Å². The summed E-state index contributed by atoms with van der Waals surface area (Å²) in [5.41, 5.74) is 2.33. The van der Waals surface area contributed by atoms with Gasteiger partial charge in [0, 0.05) is 33.6 Å². The molecule has 6 nitrogen and oxygen atoms in total. The van der Waals surface area contributed by atoms with E-state index in [4.69, 9.17) is 4.74 Å². The first-order chi connectivity index (χ1) is 21.8.